The van der Waals surface area contributed by atoms with E-state index in [0.29, 0.717) is 10.6 Å². The minimum absolute atomic E-state index is 0.00534. The molecule has 114 valence electrons. The fourth-order valence-corrected chi connectivity index (χ4v) is 3.40. The van der Waals surface area contributed by atoms with Gasteiger partial charge in [-0.3, -0.25) is 14.4 Å². The summed E-state index contributed by atoms with van der Waals surface area (Å²) in [6, 6.07) is 12.0. The zero-order valence-corrected chi connectivity index (χ0v) is 12.5. The summed E-state index contributed by atoms with van der Waals surface area (Å²) < 4.78 is 0. The Labute approximate surface area is 135 Å². The molecule has 0 radical (unpaired) electrons. The third-order valence-corrected chi connectivity index (χ3v) is 4.67. The Bertz CT molecular complexity index is 829. The van der Waals surface area contributed by atoms with Crippen LogP contribution in [-0.4, -0.2) is 29.4 Å². The average Bonchev–Trinajstić information content (AvgIpc) is 3.28. The van der Waals surface area contributed by atoms with Crippen molar-refractivity contribution >= 4 is 40.3 Å². The number of amides is 2. The zero-order chi connectivity index (χ0) is 16.0. The Morgan fingerprint density at radius 2 is 1.87 bits per heavy atom. The summed E-state index contributed by atoms with van der Waals surface area (Å²) in [5.74, 6) is -2.32. The Hall–Kier alpha value is -2.80. The van der Waals surface area contributed by atoms with Crippen LogP contribution in [-0.2, 0) is 14.4 Å². The van der Waals surface area contributed by atoms with E-state index in [4.69, 9.17) is 4.84 Å². The molecule has 0 spiro atoms. The fraction of sp³-hybridized carbons (Fsp3) is 0.125. The van der Waals surface area contributed by atoms with Crippen molar-refractivity contribution in [2.75, 3.05) is 4.90 Å². The highest BCUT2D eigenvalue weighted by molar-refractivity contribution is 7.13. The van der Waals surface area contributed by atoms with Crippen molar-refractivity contribution in [3.05, 3.63) is 52.7 Å². The molecule has 2 aliphatic heterocycles. The van der Waals surface area contributed by atoms with E-state index in [1.54, 1.807) is 47.8 Å². The van der Waals surface area contributed by atoms with Gasteiger partial charge in [0.05, 0.1) is 10.6 Å². The van der Waals surface area contributed by atoms with Crippen LogP contribution >= 0.6 is 11.3 Å². The largest absolute Gasteiger partial charge is 0.381 e. The number of fused-ring (bicyclic) bond motifs is 1. The Balaban J connectivity index is 1.69. The van der Waals surface area contributed by atoms with E-state index >= 15 is 0 Å². The Morgan fingerprint density at radius 1 is 1.09 bits per heavy atom. The monoisotopic (exact) mass is 326 g/mol. The van der Waals surface area contributed by atoms with Gasteiger partial charge in [0.1, 0.15) is 11.6 Å². The van der Waals surface area contributed by atoms with Crippen LogP contribution in [0.3, 0.4) is 0 Å². The van der Waals surface area contributed by atoms with Crippen LogP contribution in [0.5, 0.6) is 0 Å². The van der Waals surface area contributed by atoms with Crippen molar-refractivity contribution in [1.29, 1.82) is 0 Å². The quantitative estimate of drug-likeness (QED) is 0.637. The molecule has 0 aliphatic carbocycles. The lowest BCUT2D eigenvalue weighted by Gasteiger charge is -2.14. The number of carbonyl (C=O) groups excluding carboxylic acids is 3. The number of imide groups is 1. The Kier molecular flexibility index (Phi) is 3.09. The van der Waals surface area contributed by atoms with Gasteiger partial charge in [-0.1, -0.05) is 29.4 Å². The molecule has 0 unspecified atom stereocenters. The third kappa shape index (κ3) is 2.01. The molecule has 23 heavy (non-hydrogen) atoms. The predicted octanol–water partition coefficient (Wildman–Crippen LogP) is 1.88. The fourth-order valence-electron chi connectivity index (χ4n) is 2.73. The molecule has 0 saturated carbocycles. The van der Waals surface area contributed by atoms with Crippen molar-refractivity contribution in [3.63, 3.8) is 0 Å². The van der Waals surface area contributed by atoms with Crippen molar-refractivity contribution in [2.45, 2.75) is 6.10 Å². The molecule has 6 nitrogen and oxygen atoms in total. The summed E-state index contributed by atoms with van der Waals surface area (Å²) in [5.41, 5.74) is 0.456. The highest BCUT2D eigenvalue weighted by Crippen LogP contribution is 2.34. The number of nitrogens with zero attached hydrogens (tertiary/aromatic N) is 2. The van der Waals surface area contributed by atoms with Gasteiger partial charge < -0.3 is 4.84 Å². The molecule has 7 heteroatoms. The highest BCUT2D eigenvalue weighted by atomic mass is 32.1. The van der Waals surface area contributed by atoms with E-state index in [1.807, 2.05) is 0 Å². The van der Waals surface area contributed by atoms with Gasteiger partial charge in [-0.25, -0.2) is 4.90 Å². The molecule has 1 saturated heterocycles. The van der Waals surface area contributed by atoms with Crippen molar-refractivity contribution in [2.24, 2.45) is 11.1 Å². The zero-order valence-electron chi connectivity index (χ0n) is 11.7. The summed E-state index contributed by atoms with van der Waals surface area (Å²) in [6.07, 6.45) is -1.05. The van der Waals surface area contributed by atoms with Crippen LogP contribution in [0.15, 0.2) is 53.0 Å². The van der Waals surface area contributed by atoms with Gasteiger partial charge in [0.15, 0.2) is 0 Å². The first kappa shape index (κ1) is 13.8. The number of hydrogen-bond acceptors (Lipinski definition) is 6. The molecule has 1 aromatic heterocycles. The topological polar surface area (TPSA) is 76.0 Å². The van der Waals surface area contributed by atoms with E-state index in [-0.39, 0.29) is 11.5 Å². The van der Waals surface area contributed by atoms with E-state index in [2.05, 4.69) is 5.16 Å². The summed E-state index contributed by atoms with van der Waals surface area (Å²) in [6.45, 7) is 0. The molecule has 1 fully saturated rings. The molecule has 2 aliphatic rings. The van der Waals surface area contributed by atoms with E-state index in [0.717, 1.165) is 4.90 Å². The third-order valence-electron chi connectivity index (χ3n) is 3.80. The number of oxime groups is 1. The summed E-state index contributed by atoms with van der Waals surface area (Å²) in [7, 11) is 0. The van der Waals surface area contributed by atoms with Crippen LogP contribution in [0.25, 0.3) is 0 Å². The SMILES string of the molecule is O=C(C1=NO[C@@H]2C(=O)N(c3ccccc3)C(=O)[C@H]12)c1cccs1. The van der Waals surface area contributed by atoms with Crippen LogP contribution in [0, 0.1) is 5.92 Å². The van der Waals surface area contributed by atoms with Crippen LogP contribution in [0.2, 0.25) is 0 Å². The maximum Gasteiger partial charge on any atom is 0.278 e. The van der Waals surface area contributed by atoms with E-state index < -0.39 is 23.8 Å². The lowest BCUT2D eigenvalue weighted by molar-refractivity contribution is -0.126. The molecule has 1 aromatic carbocycles. The molecular weight excluding hydrogens is 316 g/mol. The summed E-state index contributed by atoms with van der Waals surface area (Å²) >= 11 is 1.26. The molecule has 2 amide bonds. The first-order valence-electron chi connectivity index (χ1n) is 6.93. The van der Waals surface area contributed by atoms with Gasteiger partial charge in [-0.2, -0.15) is 0 Å². The van der Waals surface area contributed by atoms with E-state index in [9.17, 15) is 14.4 Å². The van der Waals surface area contributed by atoms with Gasteiger partial charge in [0.2, 0.25) is 17.8 Å². The number of para-hydroxylation sites is 1. The highest BCUT2D eigenvalue weighted by Gasteiger charge is 2.57. The molecule has 0 bridgehead atoms. The van der Waals surface area contributed by atoms with Crippen molar-refractivity contribution in [1.82, 2.24) is 0 Å². The van der Waals surface area contributed by atoms with Gasteiger partial charge >= 0.3 is 0 Å². The molecule has 4 rings (SSSR count). The minimum Gasteiger partial charge on any atom is -0.381 e. The molecular formula is C16H10N2O4S. The van der Waals surface area contributed by atoms with Gasteiger partial charge in [0, 0.05) is 0 Å². The number of anilines is 1. The molecule has 3 heterocycles. The number of rotatable bonds is 3. The standard InChI is InChI=1S/C16H10N2O4S/c19-13(10-7-4-8-23-10)12-11-14(22-17-12)16(21)18(15(11)20)9-5-2-1-3-6-9/h1-8,11,14H/t11-,14+/m1/s1. The average molecular weight is 326 g/mol. The predicted molar refractivity (Wildman–Crippen MR) is 83.4 cm³/mol. The normalized spacial score (nSPS) is 22.8. The second-order valence-corrected chi connectivity index (χ2v) is 6.08. The second kappa shape index (κ2) is 5.13. The van der Waals surface area contributed by atoms with Crippen LogP contribution in [0.1, 0.15) is 9.67 Å². The lowest BCUT2D eigenvalue weighted by atomic mass is 9.96. The first-order valence-corrected chi connectivity index (χ1v) is 7.81. The van der Waals surface area contributed by atoms with Crippen LogP contribution < -0.4 is 4.90 Å². The number of ketones is 1. The number of Topliss-reactive ketones (excluding diaryl/α,β-unsaturated/α-hetero) is 1. The molecule has 0 N–H and O–H groups in total. The molecule has 2 atom stereocenters. The van der Waals surface area contributed by atoms with Crippen LogP contribution in [0.4, 0.5) is 5.69 Å². The smallest absolute Gasteiger partial charge is 0.278 e. The number of hydrogen-bond donors (Lipinski definition) is 0. The maximum absolute atomic E-state index is 12.7. The van der Waals surface area contributed by atoms with Gasteiger partial charge in [-0.05, 0) is 23.6 Å². The number of benzene rings is 1. The van der Waals surface area contributed by atoms with E-state index in [1.165, 1.54) is 11.3 Å². The number of thiophene rings is 1. The van der Waals surface area contributed by atoms with Gasteiger partial charge in [0.25, 0.3) is 5.91 Å². The number of carbonyl (C=O) groups is 3. The lowest BCUT2D eigenvalue weighted by Crippen LogP contribution is -2.34. The second-order valence-electron chi connectivity index (χ2n) is 5.13. The molecule has 2 aromatic rings. The van der Waals surface area contributed by atoms with Gasteiger partial charge in [-0.15, -0.1) is 11.3 Å². The summed E-state index contributed by atoms with van der Waals surface area (Å²) in [5, 5.41) is 5.47. The van der Waals surface area contributed by atoms with Crippen molar-refractivity contribution in [3.8, 4) is 0 Å². The first-order chi connectivity index (χ1) is 11.2. The van der Waals surface area contributed by atoms with Crippen molar-refractivity contribution < 1.29 is 19.2 Å². The Morgan fingerprint density at radius 3 is 2.57 bits per heavy atom. The minimum atomic E-state index is -1.05. The maximum atomic E-state index is 12.7. The summed E-state index contributed by atoms with van der Waals surface area (Å²) in [4.78, 5) is 44.2.